The number of para-hydroxylation sites is 1. The zero-order valence-electron chi connectivity index (χ0n) is 17.8. The molecule has 2 aliphatic heterocycles. The first-order valence-electron chi connectivity index (χ1n) is 10.7. The van der Waals surface area contributed by atoms with Gasteiger partial charge in [-0.25, -0.2) is 0 Å². The molecule has 0 bridgehead atoms. The lowest BCUT2D eigenvalue weighted by atomic mass is 9.94. The number of benzene rings is 2. The van der Waals surface area contributed by atoms with Gasteiger partial charge < -0.3 is 4.90 Å². The third kappa shape index (κ3) is 3.82. The van der Waals surface area contributed by atoms with Crippen molar-refractivity contribution in [2.75, 3.05) is 36.0 Å². The molecule has 152 valence electrons. The van der Waals surface area contributed by atoms with Gasteiger partial charge in [0.2, 0.25) is 5.91 Å². The maximum atomic E-state index is 12.9. The minimum Gasteiger partial charge on any atom is -0.369 e. The van der Waals surface area contributed by atoms with Gasteiger partial charge in [-0.1, -0.05) is 43.3 Å². The first-order chi connectivity index (χ1) is 14.1. The Morgan fingerprint density at radius 1 is 0.966 bits per heavy atom. The highest BCUT2D eigenvalue weighted by Crippen LogP contribution is 2.39. The lowest BCUT2D eigenvalue weighted by molar-refractivity contribution is -0.119. The van der Waals surface area contributed by atoms with Crippen molar-refractivity contribution in [2.24, 2.45) is 0 Å². The number of hydrogen-bond donors (Lipinski definition) is 0. The van der Waals surface area contributed by atoms with Gasteiger partial charge in [0.05, 0.1) is 5.69 Å². The molecular formula is C25H31N3O. The smallest absolute Gasteiger partial charge is 0.232 e. The number of fused-ring (bicyclic) bond motifs is 1. The van der Waals surface area contributed by atoms with Crippen LogP contribution in [-0.2, 0) is 4.79 Å². The van der Waals surface area contributed by atoms with Crippen molar-refractivity contribution in [3.05, 3.63) is 71.4 Å². The van der Waals surface area contributed by atoms with E-state index in [1.165, 1.54) is 22.4 Å². The maximum absolute atomic E-state index is 12.9. The van der Waals surface area contributed by atoms with Crippen molar-refractivity contribution in [1.82, 2.24) is 4.90 Å². The number of amides is 1. The Kier molecular flexibility index (Phi) is 5.72. The highest BCUT2D eigenvalue weighted by Gasteiger charge is 2.35. The summed E-state index contributed by atoms with van der Waals surface area (Å²) in [5.41, 5.74) is 6.37. The van der Waals surface area contributed by atoms with E-state index in [-0.39, 0.29) is 11.9 Å². The van der Waals surface area contributed by atoms with Gasteiger partial charge in [0.1, 0.15) is 0 Å². The number of carbonyl (C=O) groups excluding carboxylic acids is 1. The van der Waals surface area contributed by atoms with E-state index in [0.29, 0.717) is 6.42 Å². The van der Waals surface area contributed by atoms with E-state index < -0.39 is 0 Å². The summed E-state index contributed by atoms with van der Waals surface area (Å²) >= 11 is 0. The van der Waals surface area contributed by atoms with E-state index >= 15 is 0 Å². The van der Waals surface area contributed by atoms with Gasteiger partial charge in [-0.05, 0) is 49.1 Å². The molecule has 2 aromatic carbocycles. The Morgan fingerprint density at radius 2 is 1.69 bits per heavy atom. The molecule has 1 saturated heterocycles. The van der Waals surface area contributed by atoms with Gasteiger partial charge in [0.15, 0.2) is 0 Å². The second-order valence-corrected chi connectivity index (χ2v) is 8.08. The average Bonchev–Trinajstić information content (AvgIpc) is 2.75. The molecular weight excluding hydrogens is 358 g/mol. The minimum absolute atomic E-state index is 0.172. The normalized spacial score (nSPS) is 20.4. The fraction of sp³-hybridized carbons (Fsp3) is 0.400. The summed E-state index contributed by atoms with van der Waals surface area (Å²) in [5, 5.41) is 0. The third-order valence-corrected chi connectivity index (χ3v) is 6.35. The monoisotopic (exact) mass is 389 g/mol. The average molecular weight is 390 g/mol. The summed E-state index contributed by atoms with van der Waals surface area (Å²) in [6, 6.07) is 15.1. The summed E-state index contributed by atoms with van der Waals surface area (Å²) in [6.07, 6.45) is 5.47. The lowest BCUT2D eigenvalue weighted by Crippen LogP contribution is -2.50. The van der Waals surface area contributed by atoms with E-state index in [9.17, 15) is 4.79 Å². The molecule has 2 aromatic rings. The van der Waals surface area contributed by atoms with Gasteiger partial charge in [-0.15, -0.1) is 0 Å². The predicted molar refractivity (Wildman–Crippen MR) is 120 cm³/mol. The van der Waals surface area contributed by atoms with Crippen molar-refractivity contribution >= 4 is 17.3 Å². The van der Waals surface area contributed by atoms with E-state index in [1.54, 1.807) is 0 Å². The molecule has 1 atom stereocenters. The van der Waals surface area contributed by atoms with Crippen LogP contribution >= 0.6 is 0 Å². The zero-order valence-corrected chi connectivity index (χ0v) is 17.8. The largest absolute Gasteiger partial charge is 0.369 e. The quantitative estimate of drug-likeness (QED) is 0.750. The van der Waals surface area contributed by atoms with Crippen LogP contribution < -0.4 is 9.80 Å². The number of rotatable bonds is 4. The molecule has 4 heteroatoms. The fourth-order valence-corrected chi connectivity index (χ4v) is 4.55. The summed E-state index contributed by atoms with van der Waals surface area (Å²) in [6.45, 7) is 10.4. The molecule has 2 aliphatic rings. The lowest BCUT2D eigenvalue weighted by Gasteiger charge is -2.43. The molecule has 4 nitrogen and oxygen atoms in total. The van der Waals surface area contributed by atoms with E-state index in [1.807, 2.05) is 17.2 Å². The number of aryl methyl sites for hydroxylation is 1. The number of anilines is 2. The minimum atomic E-state index is 0.172. The van der Waals surface area contributed by atoms with Gasteiger partial charge in [0, 0.05) is 50.5 Å². The molecule has 0 aromatic heterocycles. The molecule has 1 fully saturated rings. The highest BCUT2D eigenvalue weighted by molar-refractivity contribution is 5.98. The third-order valence-electron chi connectivity index (χ3n) is 6.35. The molecule has 29 heavy (non-hydrogen) atoms. The molecule has 1 unspecified atom stereocenters. The molecule has 0 saturated carbocycles. The summed E-state index contributed by atoms with van der Waals surface area (Å²) in [5.74, 6) is 0.190. The highest BCUT2D eigenvalue weighted by atomic mass is 16.2. The molecule has 2 heterocycles. The van der Waals surface area contributed by atoms with Crippen molar-refractivity contribution in [3.63, 3.8) is 0 Å². The topological polar surface area (TPSA) is 26.8 Å². The van der Waals surface area contributed by atoms with E-state index in [2.05, 4.69) is 73.0 Å². The Balaban J connectivity index is 1.53. The van der Waals surface area contributed by atoms with Crippen molar-refractivity contribution in [2.45, 2.75) is 39.7 Å². The van der Waals surface area contributed by atoms with Crippen molar-refractivity contribution in [1.29, 1.82) is 0 Å². The first kappa shape index (κ1) is 19.7. The van der Waals surface area contributed by atoms with Crippen molar-refractivity contribution in [3.8, 4) is 0 Å². The van der Waals surface area contributed by atoms with Crippen LogP contribution in [0.3, 0.4) is 0 Å². The van der Waals surface area contributed by atoms with Crippen LogP contribution in [0.15, 0.2) is 54.7 Å². The fourth-order valence-electron chi connectivity index (χ4n) is 4.55. The van der Waals surface area contributed by atoms with Crippen LogP contribution in [0, 0.1) is 13.8 Å². The van der Waals surface area contributed by atoms with Gasteiger partial charge >= 0.3 is 0 Å². The van der Waals surface area contributed by atoms with Gasteiger partial charge in [-0.2, -0.15) is 0 Å². The SMILES string of the molecule is CCC=CN1C(=O)CC(N2CCN(c3cccc(C)c3C)CC2)c2ccccc21. The number of piperazine rings is 1. The van der Waals surface area contributed by atoms with E-state index in [0.717, 1.165) is 38.3 Å². The molecule has 4 rings (SSSR count). The number of allylic oxidation sites excluding steroid dienone is 1. The molecule has 0 spiro atoms. The first-order valence-corrected chi connectivity index (χ1v) is 10.7. The predicted octanol–water partition coefficient (Wildman–Crippen LogP) is 4.83. The maximum Gasteiger partial charge on any atom is 0.232 e. The van der Waals surface area contributed by atoms with Crippen LogP contribution in [-0.4, -0.2) is 37.0 Å². The molecule has 0 aliphatic carbocycles. The standard InChI is InChI=1S/C25H31N3O/c1-4-5-13-28-23-11-7-6-10-21(23)24(18-25(28)29)27-16-14-26(15-17-27)22-12-8-9-19(2)20(22)3/h5-13,24H,4,14-18H2,1-3H3. The summed E-state index contributed by atoms with van der Waals surface area (Å²) in [4.78, 5) is 19.7. The Labute approximate surface area is 174 Å². The van der Waals surface area contributed by atoms with Crippen LogP contribution in [0.1, 0.15) is 42.5 Å². The van der Waals surface area contributed by atoms with E-state index in [4.69, 9.17) is 0 Å². The number of carbonyl (C=O) groups is 1. The summed E-state index contributed by atoms with van der Waals surface area (Å²) in [7, 11) is 0. The van der Waals surface area contributed by atoms with Crippen molar-refractivity contribution < 1.29 is 4.79 Å². The van der Waals surface area contributed by atoms with Gasteiger partial charge in [-0.3, -0.25) is 14.6 Å². The number of hydrogen-bond acceptors (Lipinski definition) is 3. The van der Waals surface area contributed by atoms with Gasteiger partial charge in [0.25, 0.3) is 0 Å². The molecule has 1 amide bonds. The second kappa shape index (κ2) is 8.42. The van der Waals surface area contributed by atoms with Crippen LogP contribution in [0.5, 0.6) is 0 Å². The second-order valence-electron chi connectivity index (χ2n) is 8.08. The number of nitrogens with zero attached hydrogens (tertiary/aromatic N) is 3. The van der Waals surface area contributed by atoms with Crippen LogP contribution in [0.4, 0.5) is 11.4 Å². The summed E-state index contributed by atoms with van der Waals surface area (Å²) < 4.78 is 0. The van der Waals surface area contributed by atoms with Crippen LogP contribution in [0.25, 0.3) is 0 Å². The Hall–Kier alpha value is -2.59. The Morgan fingerprint density at radius 3 is 2.45 bits per heavy atom. The van der Waals surface area contributed by atoms with Crippen LogP contribution in [0.2, 0.25) is 0 Å². The Bertz CT molecular complexity index is 912. The molecule has 0 radical (unpaired) electrons. The molecule has 0 N–H and O–H groups in total. The zero-order chi connectivity index (χ0) is 20.4.